The molecule has 0 amide bonds. The highest BCUT2D eigenvalue weighted by Gasteiger charge is 2.16. The van der Waals surface area contributed by atoms with Crippen LogP contribution in [0.15, 0.2) is 73.4 Å². The van der Waals surface area contributed by atoms with Gasteiger partial charge in [-0.25, -0.2) is 9.13 Å². The maximum absolute atomic E-state index is 2.36. The lowest BCUT2D eigenvalue weighted by atomic mass is 10.1. The fourth-order valence-electron chi connectivity index (χ4n) is 3.78. The van der Waals surface area contributed by atoms with Gasteiger partial charge in [-0.3, -0.25) is 0 Å². The Morgan fingerprint density at radius 2 is 1.00 bits per heavy atom. The molecular formula is C26H38N2+2. The van der Waals surface area contributed by atoms with Crippen molar-refractivity contribution in [1.29, 1.82) is 0 Å². The molecule has 0 aromatic carbocycles. The quantitative estimate of drug-likeness (QED) is 0.451. The van der Waals surface area contributed by atoms with Crippen molar-refractivity contribution in [1.82, 2.24) is 0 Å². The highest BCUT2D eigenvalue weighted by atomic mass is 14.9. The fourth-order valence-corrected chi connectivity index (χ4v) is 3.78. The molecule has 0 radical (unpaired) electrons. The third-order valence-electron chi connectivity index (χ3n) is 5.23. The molecule has 2 aromatic heterocycles. The average molecular weight is 379 g/mol. The zero-order valence-electron chi connectivity index (χ0n) is 18.2. The summed E-state index contributed by atoms with van der Waals surface area (Å²) < 4.78 is 4.61. The normalized spacial score (nSPS) is 19.6. The van der Waals surface area contributed by atoms with Crippen LogP contribution in [0.25, 0.3) is 11.1 Å². The number of hydrogen-bond acceptors (Lipinski definition) is 0. The summed E-state index contributed by atoms with van der Waals surface area (Å²) in [6, 6.07) is 8.94. The van der Waals surface area contributed by atoms with Gasteiger partial charge in [0.1, 0.15) is 0 Å². The summed E-state index contributed by atoms with van der Waals surface area (Å²) in [4.78, 5) is 0. The van der Waals surface area contributed by atoms with E-state index in [-0.39, 0.29) is 0 Å². The van der Waals surface area contributed by atoms with Crippen LogP contribution >= 0.6 is 0 Å². The molecular weight excluding hydrogens is 340 g/mol. The summed E-state index contributed by atoms with van der Waals surface area (Å²) in [5, 5.41) is 0. The van der Waals surface area contributed by atoms with Crippen molar-refractivity contribution in [3.8, 4) is 11.1 Å². The van der Waals surface area contributed by atoms with Crippen LogP contribution in [0.1, 0.15) is 53.4 Å². The average Bonchev–Trinajstić information content (AvgIpc) is 3.47. The van der Waals surface area contributed by atoms with E-state index < -0.39 is 0 Å². The predicted octanol–water partition coefficient (Wildman–Crippen LogP) is 5.91. The van der Waals surface area contributed by atoms with Gasteiger partial charge in [-0.05, 0) is 36.8 Å². The number of aromatic nitrogens is 2. The Bertz CT molecular complexity index is 661. The molecule has 2 nitrogen and oxygen atoms in total. The first-order chi connectivity index (χ1) is 13.9. The first kappa shape index (κ1) is 22.1. The number of hydrogen-bond donors (Lipinski definition) is 0. The van der Waals surface area contributed by atoms with E-state index in [0.717, 1.165) is 13.1 Å². The number of allylic oxidation sites excluding steroid dienone is 4. The van der Waals surface area contributed by atoms with Crippen LogP contribution in [0.5, 0.6) is 0 Å². The van der Waals surface area contributed by atoms with Gasteiger partial charge in [-0.15, -0.1) is 0 Å². The summed E-state index contributed by atoms with van der Waals surface area (Å²) in [5.41, 5.74) is 2.59. The van der Waals surface area contributed by atoms with Crippen molar-refractivity contribution in [2.75, 3.05) is 0 Å². The highest BCUT2D eigenvalue weighted by Crippen LogP contribution is 2.19. The molecule has 2 aliphatic carbocycles. The molecule has 2 aromatic rings. The van der Waals surface area contributed by atoms with Gasteiger partial charge in [-0.2, -0.15) is 0 Å². The van der Waals surface area contributed by atoms with E-state index >= 15 is 0 Å². The monoisotopic (exact) mass is 378 g/mol. The van der Waals surface area contributed by atoms with Gasteiger partial charge in [-0.1, -0.05) is 52.0 Å². The van der Waals surface area contributed by atoms with Gasteiger partial charge in [0.2, 0.25) is 0 Å². The Hall–Kier alpha value is -2.22. The molecule has 0 N–H and O–H groups in total. The molecule has 150 valence electrons. The number of nitrogens with zero attached hydrogens (tertiary/aromatic N) is 2. The Morgan fingerprint density at radius 3 is 1.29 bits per heavy atom. The SMILES string of the molecule is C1=C[C@@H](C[n+]2ccc(-c3cc[n+](C[C@H]4C=CCC4)cc3)cc2)CC1.CC.CC. The molecule has 0 saturated heterocycles. The Balaban J connectivity index is 0.000000660. The molecule has 2 heterocycles. The molecule has 4 rings (SSSR count). The van der Waals surface area contributed by atoms with Crippen molar-refractivity contribution in [3.63, 3.8) is 0 Å². The maximum atomic E-state index is 2.36. The van der Waals surface area contributed by atoms with Crippen molar-refractivity contribution in [2.45, 2.75) is 66.5 Å². The third-order valence-corrected chi connectivity index (χ3v) is 5.23. The molecule has 0 fully saturated rings. The van der Waals surface area contributed by atoms with Crippen LogP contribution in [-0.2, 0) is 13.1 Å². The number of pyridine rings is 2. The lowest BCUT2D eigenvalue weighted by molar-refractivity contribution is -0.701. The maximum Gasteiger partial charge on any atom is 0.169 e. The topological polar surface area (TPSA) is 7.76 Å². The van der Waals surface area contributed by atoms with Crippen LogP contribution in [0, 0.1) is 11.8 Å². The molecule has 0 aliphatic heterocycles. The minimum Gasteiger partial charge on any atom is -0.204 e. The lowest BCUT2D eigenvalue weighted by Crippen LogP contribution is -2.36. The second-order valence-electron chi connectivity index (χ2n) is 7.10. The molecule has 0 spiro atoms. The van der Waals surface area contributed by atoms with Crippen LogP contribution < -0.4 is 9.13 Å². The van der Waals surface area contributed by atoms with Crippen LogP contribution in [0.4, 0.5) is 0 Å². The standard InChI is InChI=1S/C22H26N2.2C2H6/c1-2-6-19(5-1)17-23-13-9-21(10-14-23)22-11-15-24(16-12-22)18-20-7-3-4-8-20;2*1-2/h1,3,5,7,9-16,19-20H,2,4,6,8,17-18H2;2*1-2H3/q+2;;/t19-,20+;;. The molecule has 2 aliphatic rings. The minimum absolute atomic E-state index is 0.709. The second kappa shape index (κ2) is 12.3. The highest BCUT2D eigenvalue weighted by molar-refractivity contribution is 5.60. The van der Waals surface area contributed by atoms with E-state index in [9.17, 15) is 0 Å². The first-order valence-electron chi connectivity index (χ1n) is 11.2. The van der Waals surface area contributed by atoms with Gasteiger partial charge in [0, 0.05) is 36.1 Å². The van der Waals surface area contributed by atoms with Crippen LogP contribution in [-0.4, -0.2) is 0 Å². The van der Waals surface area contributed by atoms with Crippen molar-refractivity contribution >= 4 is 0 Å². The Kier molecular flexibility index (Phi) is 9.68. The third kappa shape index (κ3) is 6.44. The fraction of sp³-hybridized carbons (Fsp3) is 0.462. The molecule has 2 atom stereocenters. The van der Waals surface area contributed by atoms with Crippen molar-refractivity contribution in [2.24, 2.45) is 11.8 Å². The zero-order valence-corrected chi connectivity index (χ0v) is 18.2. The van der Waals surface area contributed by atoms with Gasteiger partial charge in [0.25, 0.3) is 0 Å². The largest absolute Gasteiger partial charge is 0.204 e. The van der Waals surface area contributed by atoms with Gasteiger partial charge in [0.05, 0.1) is 0 Å². The van der Waals surface area contributed by atoms with Gasteiger partial charge in [0.15, 0.2) is 37.9 Å². The van der Waals surface area contributed by atoms with Crippen LogP contribution in [0.2, 0.25) is 0 Å². The van der Waals surface area contributed by atoms with E-state index in [4.69, 9.17) is 0 Å². The van der Waals surface area contributed by atoms with E-state index in [1.807, 2.05) is 27.7 Å². The summed E-state index contributed by atoms with van der Waals surface area (Å²) in [6.07, 6.45) is 23.3. The molecule has 28 heavy (non-hydrogen) atoms. The van der Waals surface area contributed by atoms with Gasteiger partial charge < -0.3 is 0 Å². The van der Waals surface area contributed by atoms with Crippen LogP contribution in [0.3, 0.4) is 0 Å². The minimum atomic E-state index is 0.709. The predicted molar refractivity (Wildman–Crippen MR) is 119 cm³/mol. The molecule has 0 saturated carbocycles. The zero-order chi connectivity index (χ0) is 20.2. The van der Waals surface area contributed by atoms with Crippen molar-refractivity contribution < 1.29 is 9.13 Å². The summed E-state index contributed by atoms with van der Waals surface area (Å²) in [7, 11) is 0. The molecule has 0 unspecified atom stereocenters. The lowest BCUT2D eigenvalue weighted by Gasteiger charge is -2.05. The van der Waals surface area contributed by atoms with Gasteiger partial charge >= 0.3 is 0 Å². The Morgan fingerprint density at radius 1 is 0.643 bits per heavy atom. The number of rotatable bonds is 5. The summed E-state index contributed by atoms with van der Waals surface area (Å²) >= 11 is 0. The smallest absolute Gasteiger partial charge is 0.169 e. The summed E-state index contributed by atoms with van der Waals surface area (Å²) in [6.45, 7) is 10.2. The van der Waals surface area contributed by atoms with E-state index in [1.165, 1.54) is 36.8 Å². The van der Waals surface area contributed by atoms with Crippen molar-refractivity contribution in [3.05, 3.63) is 73.4 Å². The molecule has 2 heteroatoms. The van der Waals surface area contributed by atoms with E-state index in [2.05, 4.69) is 82.5 Å². The summed E-state index contributed by atoms with van der Waals surface area (Å²) in [5.74, 6) is 1.42. The second-order valence-corrected chi connectivity index (χ2v) is 7.10. The molecule has 0 bridgehead atoms. The first-order valence-corrected chi connectivity index (χ1v) is 11.2. The van der Waals surface area contributed by atoms with E-state index in [1.54, 1.807) is 0 Å². The van der Waals surface area contributed by atoms with E-state index in [0.29, 0.717) is 11.8 Å². The Labute approximate surface area is 172 Å².